The number of nitrogens with zero attached hydrogens (tertiary/aromatic N) is 1. The normalized spacial score (nSPS) is 19.7. The minimum atomic E-state index is -0.250. The first-order valence-electron chi connectivity index (χ1n) is 5.15. The number of ether oxygens (including phenoxy) is 1. The molecule has 0 radical (unpaired) electrons. The second-order valence-electron chi connectivity index (χ2n) is 3.66. The molecule has 5 nitrogen and oxygen atoms in total. The molecule has 0 aliphatic carbocycles. The zero-order valence-electron chi connectivity index (χ0n) is 8.96. The Hall–Kier alpha value is -1.36. The number of hydrogen-bond acceptors (Lipinski definition) is 4. The first kappa shape index (κ1) is 10.2. The SMILES string of the molecule is CCOC(=O)C1Cc2n[nH]c(C)c2CN1. The average molecular weight is 209 g/mol. The lowest BCUT2D eigenvalue weighted by Gasteiger charge is -2.21. The van der Waals surface area contributed by atoms with Gasteiger partial charge in [0.2, 0.25) is 0 Å². The number of fused-ring (bicyclic) bond motifs is 1. The van der Waals surface area contributed by atoms with Gasteiger partial charge in [0.15, 0.2) is 0 Å². The Balaban J connectivity index is 2.09. The maximum atomic E-state index is 11.5. The Morgan fingerprint density at radius 1 is 1.67 bits per heavy atom. The fourth-order valence-corrected chi connectivity index (χ4v) is 1.81. The number of esters is 1. The number of nitrogens with one attached hydrogen (secondary N) is 2. The summed E-state index contributed by atoms with van der Waals surface area (Å²) in [4.78, 5) is 11.5. The zero-order chi connectivity index (χ0) is 10.8. The van der Waals surface area contributed by atoms with Crippen molar-refractivity contribution in [1.82, 2.24) is 15.5 Å². The van der Waals surface area contributed by atoms with Crippen LogP contribution < -0.4 is 5.32 Å². The monoisotopic (exact) mass is 209 g/mol. The lowest BCUT2D eigenvalue weighted by molar-refractivity contribution is -0.145. The van der Waals surface area contributed by atoms with Gasteiger partial charge < -0.3 is 4.74 Å². The van der Waals surface area contributed by atoms with Gasteiger partial charge in [-0.2, -0.15) is 5.10 Å². The van der Waals surface area contributed by atoms with Crippen LogP contribution in [0.1, 0.15) is 23.9 Å². The summed E-state index contributed by atoms with van der Waals surface area (Å²) >= 11 is 0. The van der Waals surface area contributed by atoms with Crippen LogP contribution in [0.25, 0.3) is 0 Å². The second kappa shape index (κ2) is 4.02. The molecule has 0 aromatic carbocycles. The summed E-state index contributed by atoms with van der Waals surface area (Å²) in [5.74, 6) is -0.191. The molecule has 0 amide bonds. The number of rotatable bonds is 2. The second-order valence-corrected chi connectivity index (χ2v) is 3.66. The number of aromatic nitrogens is 2. The Morgan fingerprint density at radius 3 is 3.20 bits per heavy atom. The molecule has 0 saturated carbocycles. The van der Waals surface area contributed by atoms with E-state index in [2.05, 4.69) is 15.5 Å². The third-order valence-electron chi connectivity index (χ3n) is 2.65. The van der Waals surface area contributed by atoms with Crippen molar-refractivity contribution in [2.75, 3.05) is 6.61 Å². The number of hydrogen-bond donors (Lipinski definition) is 2. The smallest absolute Gasteiger partial charge is 0.323 e. The van der Waals surface area contributed by atoms with E-state index < -0.39 is 0 Å². The molecule has 0 bridgehead atoms. The number of H-pyrrole nitrogens is 1. The van der Waals surface area contributed by atoms with Crippen molar-refractivity contribution in [3.05, 3.63) is 17.0 Å². The zero-order valence-corrected chi connectivity index (χ0v) is 8.96. The molecule has 0 spiro atoms. The van der Waals surface area contributed by atoms with Gasteiger partial charge in [0.25, 0.3) is 0 Å². The van der Waals surface area contributed by atoms with Crippen molar-refractivity contribution in [3.63, 3.8) is 0 Å². The Labute approximate surface area is 88.2 Å². The van der Waals surface area contributed by atoms with Crippen molar-refractivity contribution in [2.24, 2.45) is 0 Å². The van der Waals surface area contributed by atoms with Crippen LogP contribution in [-0.2, 0) is 22.5 Å². The van der Waals surface area contributed by atoms with Crippen LogP contribution in [0.4, 0.5) is 0 Å². The van der Waals surface area contributed by atoms with Crippen molar-refractivity contribution in [2.45, 2.75) is 32.9 Å². The van der Waals surface area contributed by atoms with Gasteiger partial charge in [0, 0.05) is 24.2 Å². The summed E-state index contributed by atoms with van der Waals surface area (Å²) in [5.41, 5.74) is 3.22. The lowest BCUT2D eigenvalue weighted by atomic mass is 10.0. The van der Waals surface area contributed by atoms with E-state index in [4.69, 9.17) is 4.74 Å². The summed E-state index contributed by atoms with van der Waals surface area (Å²) in [6, 6.07) is -0.250. The van der Waals surface area contributed by atoms with Gasteiger partial charge >= 0.3 is 5.97 Å². The summed E-state index contributed by atoms with van der Waals surface area (Å²) in [6.45, 7) is 4.90. The van der Waals surface area contributed by atoms with Gasteiger partial charge in [-0.3, -0.25) is 15.2 Å². The summed E-state index contributed by atoms with van der Waals surface area (Å²) < 4.78 is 4.96. The van der Waals surface area contributed by atoms with E-state index in [9.17, 15) is 4.79 Å². The van der Waals surface area contributed by atoms with Crippen LogP contribution in [-0.4, -0.2) is 28.8 Å². The van der Waals surface area contributed by atoms with E-state index in [0.717, 1.165) is 11.4 Å². The van der Waals surface area contributed by atoms with Gasteiger partial charge in [-0.1, -0.05) is 0 Å². The number of aryl methyl sites for hydroxylation is 1. The van der Waals surface area contributed by atoms with Crippen molar-refractivity contribution < 1.29 is 9.53 Å². The highest BCUT2D eigenvalue weighted by molar-refractivity contribution is 5.76. The first-order valence-corrected chi connectivity index (χ1v) is 5.15. The number of carbonyl (C=O) groups is 1. The third kappa shape index (κ3) is 1.87. The van der Waals surface area contributed by atoms with Crippen LogP contribution in [0, 0.1) is 6.92 Å². The molecule has 1 aromatic heterocycles. The van der Waals surface area contributed by atoms with Crippen molar-refractivity contribution >= 4 is 5.97 Å². The molecule has 1 aliphatic rings. The number of carbonyl (C=O) groups excluding carboxylic acids is 1. The Kier molecular flexibility index (Phi) is 2.73. The Morgan fingerprint density at radius 2 is 2.47 bits per heavy atom. The van der Waals surface area contributed by atoms with Crippen LogP contribution in [0.3, 0.4) is 0 Å². The molecular formula is C10H15N3O2. The van der Waals surface area contributed by atoms with Crippen LogP contribution in [0.2, 0.25) is 0 Å². The van der Waals surface area contributed by atoms with Crippen LogP contribution >= 0.6 is 0 Å². The molecule has 0 saturated heterocycles. The Bertz CT molecular complexity index is 373. The highest BCUT2D eigenvalue weighted by Crippen LogP contribution is 2.17. The van der Waals surface area contributed by atoms with E-state index in [0.29, 0.717) is 19.6 Å². The molecule has 0 fully saturated rings. The van der Waals surface area contributed by atoms with E-state index in [1.807, 2.05) is 13.8 Å². The molecule has 1 aliphatic heterocycles. The van der Waals surface area contributed by atoms with E-state index in [1.165, 1.54) is 5.56 Å². The van der Waals surface area contributed by atoms with E-state index in [-0.39, 0.29) is 12.0 Å². The topological polar surface area (TPSA) is 67.0 Å². The van der Waals surface area contributed by atoms with Gasteiger partial charge in [0.05, 0.1) is 12.3 Å². The van der Waals surface area contributed by atoms with E-state index in [1.54, 1.807) is 0 Å². The fraction of sp³-hybridized carbons (Fsp3) is 0.600. The average Bonchev–Trinajstić information content (AvgIpc) is 2.60. The molecule has 82 valence electrons. The molecule has 1 atom stereocenters. The minimum absolute atomic E-state index is 0.191. The first-order chi connectivity index (χ1) is 7.22. The molecule has 1 unspecified atom stereocenters. The highest BCUT2D eigenvalue weighted by Gasteiger charge is 2.27. The maximum Gasteiger partial charge on any atom is 0.323 e. The van der Waals surface area contributed by atoms with Crippen molar-refractivity contribution in [1.29, 1.82) is 0 Å². The predicted octanol–water partition coefficient (Wildman–Crippen LogP) is 0.296. The van der Waals surface area contributed by atoms with Crippen LogP contribution in [0.5, 0.6) is 0 Å². The molecule has 2 N–H and O–H groups in total. The van der Waals surface area contributed by atoms with Crippen LogP contribution in [0.15, 0.2) is 0 Å². The largest absolute Gasteiger partial charge is 0.465 e. The predicted molar refractivity (Wildman–Crippen MR) is 54.3 cm³/mol. The fourth-order valence-electron chi connectivity index (χ4n) is 1.81. The quantitative estimate of drug-likeness (QED) is 0.687. The van der Waals surface area contributed by atoms with Gasteiger partial charge in [-0.05, 0) is 13.8 Å². The third-order valence-corrected chi connectivity index (χ3v) is 2.65. The highest BCUT2D eigenvalue weighted by atomic mass is 16.5. The van der Waals surface area contributed by atoms with Gasteiger partial charge in [0.1, 0.15) is 6.04 Å². The minimum Gasteiger partial charge on any atom is -0.465 e. The molecule has 1 aromatic rings. The summed E-state index contributed by atoms with van der Waals surface area (Å²) in [5, 5.41) is 10.3. The number of aromatic amines is 1. The summed E-state index contributed by atoms with van der Waals surface area (Å²) in [6.07, 6.45) is 0.610. The summed E-state index contributed by atoms with van der Waals surface area (Å²) in [7, 11) is 0. The molecular weight excluding hydrogens is 194 g/mol. The van der Waals surface area contributed by atoms with Gasteiger partial charge in [-0.15, -0.1) is 0 Å². The molecule has 2 rings (SSSR count). The maximum absolute atomic E-state index is 11.5. The van der Waals surface area contributed by atoms with E-state index >= 15 is 0 Å². The molecule has 15 heavy (non-hydrogen) atoms. The standard InChI is InChI=1S/C10H15N3O2/c1-3-15-10(14)9-4-8-7(5-11-9)6(2)12-13-8/h9,11H,3-5H2,1-2H3,(H,12,13). The molecule has 5 heteroatoms. The van der Waals surface area contributed by atoms with Gasteiger partial charge in [-0.25, -0.2) is 0 Å². The molecule has 2 heterocycles. The van der Waals surface area contributed by atoms with Crippen molar-refractivity contribution in [3.8, 4) is 0 Å². The lowest BCUT2D eigenvalue weighted by Crippen LogP contribution is -2.42.